The molecule has 0 amide bonds. The molecule has 4 heteroatoms. The van der Waals surface area contributed by atoms with Crippen molar-refractivity contribution in [1.82, 2.24) is 15.1 Å². The van der Waals surface area contributed by atoms with Crippen LogP contribution in [0.3, 0.4) is 0 Å². The summed E-state index contributed by atoms with van der Waals surface area (Å²) in [4.78, 5) is 0. The summed E-state index contributed by atoms with van der Waals surface area (Å²) in [5, 5.41) is 7.65. The van der Waals surface area contributed by atoms with Crippen LogP contribution in [0, 0.1) is 0 Å². The standard InChI is InChI=1S/C10H19N3O/c1-4-11-7-10-5-6-13(12-10)8-9(2)14-3/h5-6,9,11H,4,7-8H2,1-3H3. The molecule has 0 radical (unpaired) electrons. The molecule has 1 heterocycles. The molecule has 4 nitrogen and oxygen atoms in total. The average Bonchev–Trinajstić information content (AvgIpc) is 2.62. The highest BCUT2D eigenvalue weighted by atomic mass is 16.5. The summed E-state index contributed by atoms with van der Waals surface area (Å²) >= 11 is 0. The lowest BCUT2D eigenvalue weighted by molar-refractivity contribution is 0.0997. The van der Waals surface area contributed by atoms with Gasteiger partial charge in [-0.2, -0.15) is 5.10 Å². The van der Waals surface area contributed by atoms with Crippen LogP contribution in [0.25, 0.3) is 0 Å². The summed E-state index contributed by atoms with van der Waals surface area (Å²) in [6.45, 7) is 6.74. The maximum Gasteiger partial charge on any atom is 0.0762 e. The summed E-state index contributed by atoms with van der Waals surface area (Å²) in [6.07, 6.45) is 2.20. The fourth-order valence-electron chi connectivity index (χ4n) is 1.19. The third kappa shape index (κ3) is 3.47. The largest absolute Gasteiger partial charge is 0.380 e. The Kier molecular flexibility index (Phi) is 4.62. The molecule has 1 aromatic heterocycles. The summed E-state index contributed by atoms with van der Waals surface area (Å²) in [5.41, 5.74) is 1.08. The van der Waals surface area contributed by atoms with Crippen LogP contribution in [-0.2, 0) is 17.8 Å². The zero-order valence-electron chi connectivity index (χ0n) is 9.16. The Morgan fingerprint density at radius 1 is 1.64 bits per heavy atom. The van der Waals surface area contributed by atoms with Crippen LogP contribution >= 0.6 is 0 Å². The Labute approximate surface area is 85.3 Å². The van der Waals surface area contributed by atoms with E-state index in [1.165, 1.54) is 0 Å². The third-order valence-electron chi connectivity index (χ3n) is 2.10. The number of hydrogen-bond acceptors (Lipinski definition) is 3. The zero-order chi connectivity index (χ0) is 10.4. The number of methoxy groups -OCH3 is 1. The fourth-order valence-corrected chi connectivity index (χ4v) is 1.19. The first-order chi connectivity index (χ1) is 6.76. The van der Waals surface area contributed by atoms with E-state index < -0.39 is 0 Å². The lowest BCUT2D eigenvalue weighted by atomic mass is 10.4. The molecule has 1 atom stereocenters. The Morgan fingerprint density at radius 3 is 3.07 bits per heavy atom. The minimum atomic E-state index is 0.210. The topological polar surface area (TPSA) is 39.1 Å². The molecule has 0 fully saturated rings. The van der Waals surface area contributed by atoms with Crippen molar-refractivity contribution in [2.45, 2.75) is 33.0 Å². The molecule has 1 unspecified atom stereocenters. The van der Waals surface area contributed by atoms with Crippen molar-refractivity contribution in [3.05, 3.63) is 18.0 Å². The van der Waals surface area contributed by atoms with Gasteiger partial charge in [0.1, 0.15) is 0 Å². The quantitative estimate of drug-likeness (QED) is 0.740. The van der Waals surface area contributed by atoms with Crippen LogP contribution < -0.4 is 5.32 Å². The number of ether oxygens (including phenoxy) is 1. The first-order valence-electron chi connectivity index (χ1n) is 5.02. The highest BCUT2D eigenvalue weighted by molar-refractivity contribution is 4.98. The lowest BCUT2D eigenvalue weighted by Crippen LogP contribution is -2.16. The molecule has 0 aromatic carbocycles. The maximum atomic E-state index is 5.17. The van der Waals surface area contributed by atoms with Crippen LogP contribution in [0.4, 0.5) is 0 Å². The zero-order valence-corrected chi connectivity index (χ0v) is 9.16. The van der Waals surface area contributed by atoms with Gasteiger partial charge in [-0.3, -0.25) is 4.68 Å². The van der Waals surface area contributed by atoms with Gasteiger partial charge in [0.2, 0.25) is 0 Å². The molecule has 80 valence electrons. The Bertz CT molecular complexity index is 260. The van der Waals surface area contributed by atoms with Crippen LogP contribution in [0.2, 0.25) is 0 Å². The van der Waals surface area contributed by atoms with E-state index in [0.29, 0.717) is 0 Å². The van der Waals surface area contributed by atoms with Gasteiger partial charge in [-0.25, -0.2) is 0 Å². The molecule has 1 aromatic rings. The predicted molar refractivity (Wildman–Crippen MR) is 56.1 cm³/mol. The van der Waals surface area contributed by atoms with E-state index in [-0.39, 0.29) is 6.10 Å². The van der Waals surface area contributed by atoms with E-state index in [9.17, 15) is 0 Å². The van der Waals surface area contributed by atoms with Crippen molar-refractivity contribution in [2.24, 2.45) is 0 Å². The summed E-state index contributed by atoms with van der Waals surface area (Å²) in [5.74, 6) is 0. The predicted octanol–water partition coefficient (Wildman–Crippen LogP) is 1.03. The average molecular weight is 197 g/mol. The molecule has 0 bridgehead atoms. The van der Waals surface area contributed by atoms with E-state index in [1.54, 1.807) is 7.11 Å². The number of nitrogens with zero attached hydrogens (tertiary/aromatic N) is 2. The van der Waals surface area contributed by atoms with Gasteiger partial charge in [-0.05, 0) is 19.5 Å². The van der Waals surface area contributed by atoms with Crippen molar-refractivity contribution in [3.63, 3.8) is 0 Å². The number of hydrogen-bond donors (Lipinski definition) is 1. The smallest absolute Gasteiger partial charge is 0.0762 e. The molecular formula is C10H19N3O. The molecule has 0 saturated heterocycles. The van der Waals surface area contributed by atoms with Crippen LogP contribution in [0.1, 0.15) is 19.5 Å². The molecular weight excluding hydrogens is 178 g/mol. The van der Waals surface area contributed by atoms with Crippen molar-refractivity contribution < 1.29 is 4.74 Å². The van der Waals surface area contributed by atoms with Gasteiger partial charge in [0, 0.05) is 19.9 Å². The van der Waals surface area contributed by atoms with Gasteiger partial charge >= 0.3 is 0 Å². The molecule has 0 saturated carbocycles. The highest BCUT2D eigenvalue weighted by Gasteiger charge is 2.02. The second-order valence-electron chi connectivity index (χ2n) is 3.36. The molecule has 0 aliphatic rings. The van der Waals surface area contributed by atoms with E-state index in [2.05, 4.69) is 17.3 Å². The molecule has 1 rings (SSSR count). The van der Waals surface area contributed by atoms with E-state index in [0.717, 1.165) is 25.3 Å². The van der Waals surface area contributed by atoms with Crippen LogP contribution in [0.15, 0.2) is 12.3 Å². The van der Waals surface area contributed by atoms with Gasteiger partial charge < -0.3 is 10.1 Å². The van der Waals surface area contributed by atoms with Gasteiger partial charge in [-0.1, -0.05) is 6.92 Å². The fraction of sp³-hybridized carbons (Fsp3) is 0.700. The normalized spacial score (nSPS) is 13.1. The maximum absolute atomic E-state index is 5.17. The second kappa shape index (κ2) is 5.78. The molecule has 14 heavy (non-hydrogen) atoms. The van der Waals surface area contributed by atoms with Crippen LogP contribution in [0.5, 0.6) is 0 Å². The Balaban J connectivity index is 2.42. The lowest BCUT2D eigenvalue weighted by Gasteiger charge is -2.08. The summed E-state index contributed by atoms with van der Waals surface area (Å²) in [6, 6.07) is 2.03. The van der Waals surface area contributed by atoms with Gasteiger partial charge in [0.15, 0.2) is 0 Å². The minimum absolute atomic E-state index is 0.210. The number of aromatic nitrogens is 2. The van der Waals surface area contributed by atoms with Crippen LogP contribution in [-0.4, -0.2) is 29.5 Å². The minimum Gasteiger partial charge on any atom is -0.380 e. The molecule has 0 aliphatic carbocycles. The first-order valence-corrected chi connectivity index (χ1v) is 5.02. The molecule has 0 spiro atoms. The monoisotopic (exact) mass is 197 g/mol. The Hall–Kier alpha value is -0.870. The van der Waals surface area contributed by atoms with E-state index >= 15 is 0 Å². The van der Waals surface area contributed by atoms with Gasteiger partial charge in [0.05, 0.1) is 18.3 Å². The van der Waals surface area contributed by atoms with E-state index in [4.69, 9.17) is 4.74 Å². The van der Waals surface area contributed by atoms with E-state index in [1.807, 2.05) is 23.9 Å². The van der Waals surface area contributed by atoms with Gasteiger partial charge in [-0.15, -0.1) is 0 Å². The SMILES string of the molecule is CCNCc1ccn(CC(C)OC)n1. The molecule has 1 N–H and O–H groups in total. The number of rotatable bonds is 6. The summed E-state index contributed by atoms with van der Waals surface area (Å²) in [7, 11) is 1.72. The Morgan fingerprint density at radius 2 is 2.43 bits per heavy atom. The third-order valence-corrected chi connectivity index (χ3v) is 2.10. The first kappa shape index (κ1) is 11.2. The van der Waals surface area contributed by atoms with Crippen molar-refractivity contribution in [3.8, 4) is 0 Å². The highest BCUT2D eigenvalue weighted by Crippen LogP contribution is 1.98. The van der Waals surface area contributed by atoms with Crippen molar-refractivity contribution >= 4 is 0 Å². The van der Waals surface area contributed by atoms with Crippen molar-refractivity contribution in [2.75, 3.05) is 13.7 Å². The summed E-state index contributed by atoms with van der Waals surface area (Å²) < 4.78 is 7.09. The second-order valence-corrected chi connectivity index (χ2v) is 3.36. The molecule has 0 aliphatic heterocycles. The van der Waals surface area contributed by atoms with Crippen molar-refractivity contribution in [1.29, 1.82) is 0 Å². The number of nitrogens with one attached hydrogen (secondary N) is 1. The van der Waals surface area contributed by atoms with Gasteiger partial charge in [0.25, 0.3) is 0 Å².